The highest BCUT2D eigenvalue weighted by atomic mass is 16.7. The molecular formula is C16H17NO4. The van der Waals surface area contributed by atoms with Crippen molar-refractivity contribution in [2.24, 2.45) is 0 Å². The maximum atomic E-state index is 5.73. The molecule has 1 aliphatic carbocycles. The summed E-state index contributed by atoms with van der Waals surface area (Å²) < 4.78 is 22.0. The summed E-state index contributed by atoms with van der Waals surface area (Å²) in [6, 6.07) is 10.2. The number of ether oxygens (including phenoxy) is 3. The number of benzene rings is 1. The lowest BCUT2D eigenvalue weighted by Gasteiger charge is -2.05. The molecule has 5 heteroatoms. The number of hydrogen-bond acceptors (Lipinski definition) is 5. The summed E-state index contributed by atoms with van der Waals surface area (Å²) in [6.45, 7) is 1.46. The molecule has 0 unspecified atom stereocenters. The van der Waals surface area contributed by atoms with Crippen molar-refractivity contribution in [1.29, 1.82) is 0 Å². The van der Waals surface area contributed by atoms with E-state index in [1.54, 1.807) is 0 Å². The number of nitrogens with one attached hydrogen (secondary N) is 1. The highest BCUT2D eigenvalue weighted by Gasteiger charge is 2.20. The van der Waals surface area contributed by atoms with Gasteiger partial charge in [-0.3, -0.25) is 0 Å². The Bertz CT molecular complexity index is 633. The molecule has 2 heterocycles. The van der Waals surface area contributed by atoms with E-state index in [4.69, 9.17) is 18.6 Å². The molecule has 110 valence electrons. The Balaban J connectivity index is 1.33. The average Bonchev–Trinajstić information content (AvgIpc) is 3.04. The summed E-state index contributed by atoms with van der Waals surface area (Å²) in [6.07, 6.45) is 2.56. The Labute approximate surface area is 122 Å². The van der Waals surface area contributed by atoms with Gasteiger partial charge >= 0.3 is 0 Å². The van der Waals surface area contributed by atoms with E-state index in [0.717, 1.165) is 35.3 Å². The van der Waals surface area contributed by atoms with Gasteiger partial charge in [0.15, 0.2) is 11.5 Å². The van der Waals surface area contributed by atoms with Crippen LogP contribution in [0.4, 0.5) is 0 Å². The van der Waals surface area contributed by atoms with Crippen LogP contribution in [0.5, 0.6) is 17.2 Å². The van der Waals surface area contributed by atoms with E-state index in [-0.39, 0.29) is 6.79 Å². The normalized spacial score (nSPS) is 16.2. The number of furan rings is 1. The zero-order valence-electron chi connectivity index (χ0n) is 11.6. The fraction of sp³-hybridized carbons (Fsp3) is 0.375. The van der Waals surface area contributed by atoms with Crippen LogP contribution in [-0.2, 0) is 13.2 Å². The van der Waals surface area contributed by atoms with Crippen molar-refractivity contribution in [3.05, 3.63) is 41.9 Å². The first-order valence-corrected chi connectivity index (χ1v) is 7.20. The average molecular weight is 287 g/mol. The molecular weight excluding hydrogens is 270 g/mol. The van der Waals surface area contributed by atoms with Crippen LogP contribution < -0.4 is 19.5 Å². The van der Waals surface area contributed by atoms with Crippen LogP contribution in [0, 0.1) is 0 Å². The van der Waals surface area contributed by atoms with Crippen LogP contribution in [0.3, 0.4) is 0 Å². The van der Waals surface area contributed by atoms with Gasteiger partial charge in [0, 0.05) is 12.1 Å². The van der Waals surface area contributed by atoms with E-state index < -0.39 is 0 Å². The topological polar surface area (TPSA) is 52.9 Å². The fourth-order valence-corrected chi connectivity index (χ4v) is 2.25. The van der Waals surface area contributed by atoms with E-state index in [9.17, 15) is 0 Å². The molecule has 1 N–H and O–H groups in total. The predicted molar refractivity (Wildman–Crippen MR) is 75.5 cm³/mol. The summed E-state index contributed by atoms with van der Waals surface area (Å²) in [5, 5.41) is 3.42. The lowest BCUT2D eigenvalue weighted by Crippen LogP contribution is -2.14. The second-order valence-corrected chi connectivity index (χ2v) is 5.33. The van der Waals surface area contributed by atoms with Crippen LogP contribution >= 0.6 is 0 Å². The van der Waals surface area contributed by atoms with Crippen molar-refractivity contribution in [3.63, 3.8) is 0 Å². The van der Waals surface area contributed by atoms with Crippen LogP contribution in [0.2, 0.25) is 0 Å². The maximum Gasteiger partial charge on any atom is 0.231 e. The van der Waals surface area contributed by atoms with Crippen molar-refractivity contribution in [2.75, 3.05) is 6.79 Å². The van der Waals surface area contributed by atoms with Crippen LogP contribution in [0.15, 0.2) is 34.7 Å². The zero-order valence-corrected chi connectivity index (χ0v) is 11.6. The second kappa shape index (κ2) is 5.33. The largest absolute Gasteiger partial charge is 0.486 e. The summed E-state index contributed by atoms with van der Waals surface area (Å²) >= 11 is 0. The second-order valence-electron chi connectivity index (χ2n) is 5.33. The van der Waals surface area contributed by atoms with Gasteiger partial charge in [0.25, 0.3) is 0 Å². The predicted octanol–water partition coefficient (Wildman–Crippen LogP) is 2.84. The minimum atomic E-state index is 0.272. The smallest absolute Gasteiger partial charge is 0.231 e. The molecule has 0 amide bonds. The molecule has 1 fully saturated rings. The Kier molecular flexibility index (Phi) is 3.20. The van der Waals surface area contributed by atoms with Crippen LogP contribution in [-0.4, -0.2) is 12.8 Å². The highest BCUT2D eigenvalue weighted by Crippen LogP contribution is 2.35. The van der Waals surface area contributed by atoms with Crippen molar-refractivity contribution >= 4 is 0 Å². The molecule has 1 aromatic heterocycles. The van der Waals surface area contributed by atoms with E-state index in [0.29, 0.717) is 12.6 Å². The molecule has 0 bridgehead atoms. The first kappa shape index (κ1) is 12.6. The molecule has 5 nitrogen and oxygen atoms in total. The minimum Gasteiger partial charge on any atom is -0.486 e. The Morgan fingerprint density at radius 3 is 2.81 bits per heavy atom. The monoisotopic (exact) mass is 287 g/mol. The van der Waals surface area contributed by atoms with Gasteiger partial charge in [-0.25, -0.2) is 0 Å². The molecule has 21 heavy (non-hydrogen) atoms. The minimum absolute atomic E-state index is 0.272. The Morgan fingerprint density at radius 2 is 1.90 bits per heavy atom. The van der Waals surface area contributed by atoms with Gasteiger partial charge < -0.3 is 23.9 Å². The van der Waals surface area contributed by atoms with Crippen molar-refractivity contribution in [1.82, 2.24) is 5.32 Å². The molecule has 0 saturated heterocycles. The number of fused-ring (bicyclic) bond motifs is 1. The standard InChI is InChI=1S/C16H17NO4/c1-2-11(1)17-8-13-3-4-14(21-13)9-18-12-5-6-15-16(7-12)20-10-19-15/h3-7,11,17H,1-2,8-10H2. The molecule has 0 atom stereocenters. The van der Waals surface area contributed by atoms with Crippen LogP contribution in [0.1, 0.15) is 24.4 Å². The third-order valence-corrected chi connectivity index (χ3v) is 3.58. The Morgan fingerprint density at radius 1 is 1.05 bits per heavy atom. The fourth-order valence-electron chi connectivity index (χ4n) is 2.25. The SMILES string of the molecule is c1cc2c(cc1OCc1ccc(CNC3CC3)o1)OCO2. The maximum absolute atomic E-state index is 5.73. The Hall–Kier alpha value is -2.14. The zero-order chi connectivity index (χ0) is 14.1. The molecule has 0 spiro atoms. The van der Waals surface area contributed by atoms with Gasteiger partial charge in [0.1, 0.15) is 23.9 Å². The van der Waals surface area contributed by atoms with Gasteiger partial charge in [-0.15, -0.1) is 0 Å². The molecule has 1 aromatic carbocycles. The first-order valence-electron chi connectivity index (χ1n) is 7.20. The lowest BCUT2D eigenvalue weighted by molar-refractivity contribution is 0.173. The van der Waals surface area contributed by atoms with Gasteiger partial charge in [-0.2, -0.15) is 0 Å². The first-order chi connectivity index (χ1) is 10.4. The highest BCUT2D eigenvalue weighted by molar-refractivity contribution is 5.46. The molecule has 2 aromatic rings. The summed E-state index contributed by atoms with van der Waals surface area (Å²) in [5.41, 5.74) is 0. The van der Waals surface area contributed by atoms with Gasteiger partial charge in [-0.05, 0) is 37.1 Å². The number of rotatable bonds is 6. The van der Waals surface area contributed by atoms with E-state index >= 15 is 0 Å². The van der Waals surface area contributed by atoms with E-state index in [2.05, 4.69) is 5.32 Å². The molecule has 4 rings (SSSR count). The summed E-state index contributed by atoms with van der Waals surface area (Å²) in [5.74, 6) is 4.00. The summed E-state index contributed by atoms with van der Waals surface area (Å²) in [7, 11) is 0. The van der Waals surface area contributed by atoms with E-state index in [1.807, 2.05) is 30.3 Å². The third kappa shape index (κ3) is 2.97. The third-order valence-electron chi connectivity index (χ3n) is 3.58. The summed E-state index contributed by atoms with van der Waals surface area (Å²) in [4.78, 5) is 0. The van der Waals surface area contributed by atoms with E-state index in [1.165, 1.54) is 12.8 Å². The molecule has 0 radical (unpaired) electrons. The molecule has 1 saturated carbocycles. The van der Waals surface area contributed by atoms with Crippen molar-refractivity contribution < 1.29 is 18.6 Å². The van der Waals surface area contributed by atoms with Gasteiger partial charge in [0.05, 0.1) is 6.54 Å². The lowest BCUT2D eigenvalue weighted by atomic mass is 10.3. The number of hydrogen-bond donors (Lipinski definition) is 1. The van der Waals surface area contributed by atoms with Gasteiger partial charge in [0.2, 0.25) is 6.79 Å². The van der Waals surface area contributed by atoms with Crippen molar-refractivity contribution in [2.45, 2.75) is 32.0 Å². The van der Waals surface area contributed by atoms with Crippen LogP contribution in [0.25, 0.3) is 0 Å². The molecule has 1 aliphatic heterocycles. The van der Waals surface area contributed by atoms with Crippen molar-refractivity contribution in [3.8, 4) is 17.2 Å². The molecule has 2 aliphatic rings. The van der Waals surface area contributed by atoms with Gasteiger partial charge in [-0.1, -0.05) is 0 Å². The quantitative estimate of drug-likeness (QED) is 0.885.